The van der Waals surface area contributed by atoms with Crippen LogP contribution in [0.2, 0.25) is 0 Å². The van der Waals surface area contributed by atoms with Gasteiger partial charge in [-0.3, -0.25) is 0 Å². The summed E-state index contributed by atoms with van der Waals surface area (Å²) in [5.41, 5.74) is 8.83. The lowest BCUT2D eigenvalue weighted by atomic mass is 9.73. The summed E-state index contributed by atoms with van der Waals surface area (Å²) in [6, 6.07) is 10.7. The van der Waals surface area contributed by atoms with Crippen molar-refractivity contribution in [3.8, 4) is 0 Å². The van der Waals surface area contributed by atoms with Crippen molar-refractivity contribution < 1.29 is 0 Å². The van der Waals surface area contributed by atoms with Crippen LogP contribution in [-0.2, 0) is 5.41 Å². The Balaban J connectivity index is 2.49. The van der Waals surface area contributed by atoms with Gasteiger partial charge in [0.25, 0.3) is 0 Å². The summed E-state index contributed by atoms with van der Waals surface area (Å²) in [7, 11) is 0. The highest BCUT2D eigenvalue weighted by atomic mass is 32.1. The fourth-order valence-electron chi connectivity index (χ4n) is 2.76. The van der Waals surface area contributed by atoms with Gasteiger partial charge in [0.05, 0.1) is 10.6 Å². The second-order valence-electron chi connectivity index (χ2n) is 5.84. The summed E-state index contributed by atoms with van der Waals surface area (Å²) >= 11 is 1.75. The molecule has 0 saturated heterocycles. The van der Waals surface area contributed by atoms with Crippen LogP contribution in [0.4, 0.5) is 0 Å². The molecule has 1 heterocycles. The summed E-state index contributed by atoms with van der Waals surface area (Å²) in [6.07, 6.45) is 2.35. The lowest BCUT2D eigenvalue weighted by Gasteiger charge is -2.32. The third kappa shape index (κ3) is 1.82. The van der Waals surface area contributed by atoms with Crippen LogP contribution in [0.15, 0.2) is 35.7 Å². The smallest absolute Gasteiger partial charge is 0.0571 e. The number of nitrogens with two attached hydrogens (primary N) is 1. The Labute approximate surface area is 118 Å². The average Bonchev–Trinajstić information content (AvgIpc) is 2.87. The first-order valence-corrected chi connectivity index (χ1v) is 7.55. The van der Waals surface area contributed by atoms with E-state index in [1.165, 1.54) is 15.7 Å². The van der Waals surface area contributed by atoms with Crippen molar-refractivity contribution in [2.45, 2.75) is 26.2 Å². The monoisotopic (exact) mass is 269 g/mol. The fraction of sp³-hybridized carbons (Fsp3) is 0.294. The lowest BCUT2D eigenvalue weighted by molar-refractivity contribution is 0.427. The zero-order chi connectivity index (χ0) is 13.6. The van der Waals surface area contributed by atoms with Crippen molar-refractivity contribution >= 4 is 23.1 Å². The summed E-state index contributed by atoms with van der Waals surface area (Å²) in [6.45, 7) is 6.90. The predicted octanol–water partition coefficient (Wildman–Crippen LogP) is 2.57. The van der Waals surface area contributed by atoms with Gasteiger partial charge in [0, 0.05) is 5.22 Å². The van der Waals surface area contributed by atoms with Crippen molar-refractivity contribution in [2.75, 3.05) is 0 Å². The number of fused-ring (bicyclic) bond motifs is 2. The Morgan fingerprint density at radius 3 is 2.68 bits per heavy atom. The highest BCUT2D eigenvalue weighted by Gasteiger charge is 2.31. The molecule has 0 spiro atoms. The first-order chi connectivity index (χ1) is 9.01. The van der Waals surface area contributed by atoms with Crippen LogP contribution in [0, 0.1) is 5.92 Å². The van der Waals surface area contributed by atoms with Gasteiger partial charge < -0.3 is 5.73 Å². The molecule has 1 aliphatic rings. The second kappa shape index (κ2) is 4.24. The number of benzene rings is 1. The zero-order valence-corrected chi connectivity index (χ0v) is 12.4. The van der Waals surface area contributed by atoms with E-state index in [1.54, 1.807) is 11.3 Å². The Morgan fingerprint density at radius 2 is 1.89 bits per heavy atom. The Hall–Kier alpha value is -1.54. The molecule has 0 bridgehead atoms. The normalized spacial score (nSPS) is 25.4. The molecule has 2 heteroatoms. The second-order valence-corrected chi connectivity index (χ2v) is 6.76. The molecule has 0 radical (unpaired) electrons. The van der Waals surface area contributed by atoms with Gasteiger partial charge in [-0.15, -0.1) is 11.3 Å². The molecule has 1 unspecified atom stereocenters. The van der Waals surface area contributed by atoms with E-state index < -0.39 is 0 Å². The molecule has 1 nitrogen and oxygen atoms in total. The van der Waals surface area contributed by atoms with Gasteiger partial charge in [-0.2, -0.15) is 0 Å². The van der Waals surface area contributed by atoms with Gasteiger partial charge in [-0.1, -0.05) is 51.1 Å². The topological polar surface area (TPSA) is 26.0 Å². The van der Waals surface area contributed by atoms with E-state index >= 15 is 0 Å². The third-order valence-corrected chi connectivity index (χ3v) is 5.37. The van der Waals surface area contributed by atoms with Crippen LogP contribution in [0.25, 0.3) is 11.8 Å². The summed E-state index contributed by atoms with van der Waals surface area (Å²) in [4.78, 5) is 1.23. The Bertz CT molecular complexity index is 737. The molecule has 2 aromatic rings. The largest absolute Gasteiger partial charge is 0.397 e. The van der Waals surface area contributed by atoms with Crippen LogP contribution in [-0.4, -0.2) is 0 Å². The highest BCUT2D eigenvalue weighted by Crippen LogP contribution is 2.38. The third-order valence-electron chi connectivity index (χ3n) is 4.42. The summed E-state index contributed by atoms with van der Waals surface area (Å²) in [5, 5.41) is 4.56. The minimum atomic E-state index is 0.105. The van der Waals surface area contributed by atoms with E-state index in [0.717, 1.165) is 10.9 Å². The number of rotatable bonds is 0. The van der Waals surface area contributed by atoms with E-state index in [-0.39, 0.29) is 5.41 Å². The number of hydrogen-bond donors (Lipinski definition) is 1. The van der Waals surface area contributed by atoms with E-state index in [9.17, 15) is 0 Å². The van der Waals surface area contributed by atoms with Crippen molar-refractivity contribution in [3.63, 3.8) is 0 Å². The molecule has 98 valence electrons. The quantitative estimate of drug-likeness (QED) is 0.781. The van der Waals surface area contributed by atoms with Gasteiger partial charge in [0.2, 0.25) is 0 Å². The van der Waals surface area contributed by atoms with Crippen molar-refractivity contribution in [1.82, 2.24) is 0 Å². The number of hydrogen-bond acceptors (Lipinski definition) is 2. The first-order valence-electron chi connectivity index (χ1n) is 6.67. The molecule has 1 aliphatic carbocycles. The molecule has 1 aromatic carbocycles. The molecular formula is C17H19NS. The molecule has 0 amide bonds. The van der Waals surface area contributed by atoms with Gasteiger partial charge in [0.1, 0.15) is 0 Å². The van der Waals surface area contributed by atoms with E-state index in [4.69, 9.17) is 5.73 Å². The van der Waals surface area contributed by atoms with Crippen molar-refractivity contribution in [3.05, 3.63) is 56.6 Å². The summed E-state index contributed by atoms with van der Waals surface area (Å²) < 4.78 is 0. The lowest BCUT2D eigenvalue weighted by Crippen LogP contribution is -2.36. The van der Waals surface area contributed by atoms with Crippen molar-refractivity contribution in [1.29, 1.82) is 0 Å². The minimum absolute atomic E-state index is 0.105. The van der Waals surface area contributed by atoms with E-state index in [0.29, 0.717) is 5.92 Å². The minimum Gasteiger partial charge on any atom is -0.397 e. The Morgan fingerprint density at radius 1 is 1.16 bits per heavy atom. The molecule has 2 N–H and O–H groups in total. The van der Waals surface area contributed by atoms with Gasteiger partial charge >= 0.3 is 0 Å². The van der Waals surface area contributed by atoms with Crippen molar-refractivity contribution in [2.24, 2.45) is 11.7 Å². The van der Waals surface area contributed by atoms with Crippen LogP contribution in [0.3, 0.4) is 0 Å². The maximum atomic E-state index is 6.45. The SMILES string of the molecule is CC1/C=c2/cccc/c2=C(/N)c2sccc2C1(C)C. The highest BCUT2D eigenvalue weighted by molar-refractivity contribution is 7.11. The van der Waals surface area contributed by atoms with E-state index in [2.05, 4.69) is 62.6 Å². The van der Waals surface area contributed by atoms with Crippen LogP contribution in [0.5, 0.6) is 0 Å². The standard InChI is InChI=1S/C17H19NS/c1-11-10-12-6-4-5-7-13(12)15(18)16-14(8-9-19-16)17(11,2)3/h4-11H,18H2,1-3H3/b12-10-,15-13-. The molecular weight excluding hydrogens is 250 g/mol. The molecule has 0 fully saturated rings. The maximum absolute atomic E-state index is 6.45. The first kappa shape index (κ1) is 12.5. The average molecular weight is 269 g/mol. The fourth-order valence-corrected chi connectivity index (χ4v) is 3.79. The predicted molar refractivity (Wildman–Crippen MR) is 83.4 cm³/mol. The molecule has 3 rings (SSSR count). The summed E-state index contributed by atoms with van der Waals surface area (Å²) in [5.74, 6) is 0.468. The van der Waals surface area contributed by atoms with Gasteiger partial charge in [-0.25, -0.2) is 0 Å². The molecule has 19 heavy (non-hydrogen) atoms. The van der Waals surface area contributed by atoms with Gasteiger partial charge in [-0.05, 0) is 33.6 Å². The van der Waals surface area contributed by atoms with Crippen LogP contribution in [0.1, 0.15) is 31.2 Å². The van der Waals surface area contributed by atoms with E-state index in [1.807, 2.05) is 0 Å². The molecule has 0 saturated carbocycles. The van der Waals surface area contributed by atoms with Crippen LogP contribution >= 0.6 is 11.3 Å². The Kier molecular flexibility index (Phi) is 2.79. The molecule has 0 aliphatic heterocycles. The van der Waals surface area contributed by atoms with Crippen LogP contribution < -0.4 is 16.2 Å². The molecule has 1 atom stereocenters. The zero-order valence-electron chi connectivity index (χ0n) is 11.6. The molecule has 1 aromatic heterocycles. The van der Waals surface area contributed by atoms with Gasteiger partial charge in [0.15, 0.2) is 0 Å². The number of thiophene rings is 1. The maximum Gasteiger partial charge on any atom is 0.0571 e.